The predicted molar refractivity (Wildman–Crippen MR) is 150 cm³/mol. The molecule has 208 valence electrons. The maximum absolute atomic E-state index is 13.7. The highest BCUT2D eigenvalue weighted by molar-refractivity contribution is 5.95. The van der Waals surface area contributed by atoms with E-state index in [1.54, 1.807) is 23.2 Å². The van der Waals surface area contributed by atoms with Crippen LogP contribution in [0.4, 0.5) is 0 Å². The molecule has 0 spiro atoms. The van der Waals surface area contributed by atoms with Crippen LogP contribution in [-0.2, 0) is 19.1 Å². The number of ether oxygens (including phenoxy) is 2. The summed E-state index contributed by atoms with van der Waals surface area (Å²) in [4.78, 5) is 46.1. The van der Waals surface area contributed by atoms with Gasteiger partial charge in [-0.25, -0.2) is 4.79 Å². The number of carbonyl (C=O) groups is 3. The lowest BCUT2D eigenvalue weighted by Crippen LogP contribution is -2.54. The van der Waals surface area contributed by atoms with Crippen LogP contribution >= 0.6 is 0 Å². The van der Waals surface area contributed by atoms with Crippen LogP contribution in [0, 0.1) is 11.8 Å². The second kappa shape index (κ2) is 12.5. The van der Waals surface area contributed by atoms with E-state index in [2.05, 4.69) is 23.5 Å². The number of nitrogens with one attached hydrogen (secondary N) is 1. The number of pyridine rings is 1. The zero-order chi connectivity index (χ0) is 28.0. The third-order valence-corrected chi connectivity index (χ3v) is 7.94. The number of para-hydroxylation sites is 1. The first-order chi connectivity index (χ1) is 18.8. The smallest absolute Gasteiger partial charge is 0.331 e. The van der Waals surface area contributed by atoms with Gasteiger partial charge in [0.25, 0.3) is 0 Å². The molecule has 8 heteroatoms. The molecule has 1 aromatic carbocycles. The summed E-state index contributed by atoms with van der Waals surface area (Å²) in [5, 5.41) is 3.86. The molecule has 5 atom stereocenters. The largest absolute Gasteiger partial charge is 0.488 e. The lowest BCUT2D eigenvalue weighted by molar-refractivity contribution is -0.148. The van der Waals surface area contributed by atoms with Crippen molar-refractivity contribution in [1.29, 1.82) is 0 Å². The quantitative estimate of drug-likeness (QED) is 0.230. The van der Waals surface area contributed by atoms with Gasteiger partial charge in [-0.15, -0.1) is 13.2 Å². The van der Waals surface area contributed by atoms with Gasteiger partial charge in [0.05, 0.1) is 19.2 Å². The number of hydrogen-bond acceptors (Lipinski definition) is 6. The monoisotopic (exact) mass is 533 g/mol. The molecule has 0 bridgehead atoms. The molecular formula is C31H39N3O5. The zero-order valence-corrected chi connectivity index (χ0v) is 22.9. The van der Waals surface area contributed by atoms with Gasteiger partial charge in [-0.1, -0.05) is 31.2 Å². The van der Waals surface area contributed by atoms with E-state index in [0.717, 1.165) is 36.6 Å². The van der Waals surface area contributed by atoms with E-state index in [-0.39, 0.29) is 36.3 Å². The molecule has 1 saturated carbocycles. The molecule has 2 aromatic rings. The number of hydrogen-bond donors (Lipinski definition) is 1. The highest BCUT2D eigenvalue weighted by Crippen LogP contribution is 2.48. The summed E-state index contributed by atoms with van der Waals surface area (Å²) in [5.41, 5.74) is -0.246. The average molecular weight is 534 g/mol. The van der Waals surface area contributed by atoms with E-state index in [0.29, 0.717) is 25.0 Å². The summed E-state index contributed by atoms with van der Waals surface area (Å²) >= 11 is 0. The maximum Gasteiger partial charge on any atom is 0.331 e. The lowest BCUT2D eigenvalue weighted by atomic mass is 10.0. The van der Waals surface area contributed by atoms with Crippen molar-refractivity contribution in [3.63, 3.8) is 0 Å². The number of likely N-dealkylation sites (tertiary alicyclic amines) is 1. The van der Waals surface area contributed by atoms with E-state index in [4.69, 9.17) is 9.47 Å². The summed E-state index contributed by atoms with van der Waals surface area (Å²) in [6.07, 6.45) is 9.64. The fourth-order valence-corrected chi connectivity index (χ4v) is 5.64. The van der Waals surface area contributed by atoms with E-state index < -0.39 is 17.6 Å². The lowest BCUT2D eigenvalue weighted by Gasteiger charge is -2.28. The zero-order valence-electron chi connectivity index (χ0n) is 22.9. The Kier molecular flexibility index (Phi) is 9.04. The number of benzene rings is 1. The van der Waals surface area contributed by atoms with Gasteiger partial charge in [0.1, 0.15) is 23.4 Å². The number of nitrogens with zero attached hydrogens (tertiary/aromatic N) is 2. The third kappa shape index (κ3) is 6.15. The summed E-state index contributed by atoms with van der Waals surface area (Å²) in [6.45, 7) is 9.70. The number of carbonyl (C=O) groups excluding carboxylic acids is 3. The summed E-state index contributed by atoms with van der Waals surface area (Å²) in [5.74, 6) is -0.498. The minimum absolute atomic E-state index is 0.0227. The molecule has 0 radical (unpaired) electrons. The molecule has 8 nitrogen and oxygen atoms in total. The van der Waals surface area contributed by atoms with Crippen molar-refractivity contribution in [2.24, 2.45) is 11.8 Å². The van der Waals surface area contributed by atoms with Crippen LogP contribution in [0.3, 0.4) is 0 Å². The first kappa shape index (κ1) is 28.3. The molecular weight excluding hydrogens is 494 g/mol. The average Bonchev–Trinajstić information content (AvgIpc) is 3.48. The standard InChI is InChI=1S/C31H39N3O5/c1-5-7-9-12-21(3)29(36)34-20-23(39-27-16-17-32-25-15-11-10-14-24(25)27)18-26(34)28(35)33-31(30(37)38-4)19-22(31)13-8-6-2/h5-6,10-11,14-17,21-23,26H,1-2,7-9,12-13,18-20H2,3-4H3,(H,33,35)/t21-,22+,23?,26-,31+/m0/s1. The van der Waals surface area contributed by atoms with E-state index in [1.807, 2.05) is 37.3 Å². The minimum atomic E-state index is -1.06. The fraction of sp³-hybridized carbons (Fsp3) is 0.484. The van der Waals surface area contributed by atoms with Crippen LogP contribution < -0.4 is 10.1 Å². The molecule has 2 aliphatic rings. The molecule has 1 unspecified atom stereocenters. The molecule has 1 aliphatic heterocycles. The van der Waals surface area contributed by atoms with Gasteiger partial charge in [-0.05, 0) is 62.6 Å². The molecule has 1 saturated heterocycles. The Balaban J connectivity index is 1.55. The Hall–Kier alpha value is -3.68. The molecule has 1 aliphatic carbocycles. The summed E-state index contributed by atoms with van der Waals surface area (Å²) in [7, 11) is 1.33. The maximum atomic E-state index is 13.7. The molecule has 39 heavy (non-hydrogen) atoms. The molecule has 1 N–H and O–H groups in total. The second-order valence-corrected chi connectivity index (χ2v) is 10.6. The van der Waals surface area contributed by atoms with Gasteiger partial charge in [-0.2, -0.15) is 0 Å². The van der Waals surface area contributed by atoms with Gasteiger partial charge in [0, 0.05) is 23.9 Å². The van der Waals surface area contributed by atoms with E-state index in [9.17, 15) is 14.4 Å². The van der Waals surface area contributed by atoms with Gasteiger partial charge >= 0.3 is 5.97 Å². The molecule has 4 rings (SSSR count). The van der Waals surface area contributed by atoms with Crippen LogP contribution in [0.1, 0.15) is 51.9 Å². The predicted octanol–water partition coefficient (Wildman–Crippen LogP) is 4.59. The van der Waals surface area contributed by atoms with Crippen molar-refractivity contribution in [3.05, 3.63) is 61.8 Å². The Morgan fingerprint density at radius 2 is 1.97 bits per heavy atom. The molecule has 2 amide bonds. The van der Waals surface area contributed by atoms with E-state index >= 15 is 0 Å². The van der Waals surface area contributed by atoms with Crippen molar-refractivity contribution >= 4 is 28.7 Å². The van der Waals surface area contributed by atoms with Crippen LogP contribution in [0.5, 0.6) is 5.75 Å². The Morgan fingerprint density at radius 1 is 1.21 bits per heavy atom. The number of fused-ring (bicyclic) bond motifs is 1. The number of allylic oxidation sites excluding steroid dienone is 2. The van der Waals surface area contributed by atoms with Crippen molar-refractivity contribution in [1.82, 2.24) is 15.2 Å². The van der Waals surface area contributed by atoms with Crippen molar-refractivity contribution in [2.45, 2.75) is 69.6 Å². The highest BCUT2D eigenvalue weighted by Gasteiger charge is 2.62. The first-order valence-corrected chi connectivity index (χ1v) is 13.8. The number of unbranched alkanes of at least 4 members (excludes halogenated alkanes) is 1. The van der Waals surface area contributed by atoms with Crippen molar-refractivity contribution in [3.8, 4) is 5.75 Å². The van der Waals surface area contributed by atoms with Crippen molar-refractivity contribution in [2.75, 3.05) is 13.7 Å². The number of methoxy groups -OCH3 is 1. The molecule has 2 heterocycles. The summed E-state index contributed by atoms with van der Waals surface area (Å²) < 4.78 is 11.4. The normalized spacial score (nSPS) is 24.6. The second-order valence-electron chi connectivity index (χ2n) is 10.6. The van der Waals surface area contributed by atoms with Gasteiger partial charge in [-0.3, -0.25) is 14.6 Å². The van der Waals surface area contributed by atoms with Gasteiger partial charge in [0.15, 0.2) is 0 Å². The van der Waals surface area contributed by atoms with Crippen LogP contribution in [-0.4, -0.2) is 59.0 Å². The summed E-state index contributed by atoms with van der Waals surface area (Å²) in [6, 6.07) is 8.75. The topological polar surface area (TPSA) is 97.8 Å². The Bertz CT molecular complexity index is 1220. The minimum Gasteiger partial charge on any atom is -0.488 e. The number of esters is 1. The first-order valence-electron chi connectivity index (χ1n) is 13.8. The number of rotatable bonds is 13. The van der Waals surface area contributed by atoms with Crippen LogP contribution in [0.25, 0.3) is 10.9 Å². The van der Waals surface area contributed by atoms with Crippen molar-refractivity contribution < 1.29 is 23.9 Å². The number of aromatic nitrogens is 1. The number of amides is 2. The third-order valence-electron chi connectivity index (χ3n) is 7.94. The highest BCUT2D eigenvalue weighted by atomic mass is 16.5. The fourth-order valence-electron chi connectivity index (χ4n) is 5.64. The molecule has 1 aromatic heterocycles. The van der Waals surface area contributed by atoms with Gasteiger partial charge < -0.3 is 19.7 Å². The van der Waals surface area contributed by atoms with Crippen LogP contribution in [0.15, 0.2) is 61.8 Å². The van der Waals surface area contributed by atoms with E-state index in [1.165, 1.54) is 7.11 Å². The van der Waals surface area contributed by atoms with Crippen LogP contribution in [0.2, 0.25) is 0 Å². The SMILES string of the molecule is C=CCCC[C@H](C)C(=O)N1CC(Oc2ccnc3ccccc23)C[C@H]1C(=O)N[C@]1(C(=O)OC)C[C@H]1CCC=C. The van der Waals surface area contributed by atoms with Gasteiger partial charge in [0.2, 0.25) is 11.8 Å². The Morgan fingerprint density at radius 3 is 2.72 bits per heavy atom. The Labute approximate surface area is 230 Å². The molecule has 2 fully saturated rings.